The molecule has 1 heterocycles. The topological polar surface area (TPSA) is 53.1 Å². The second-order valence-electron chi connectivity index (χ2n) is 6.10. The summed E-state index contributed by atoms with van der Waals surface area (Å²) in [6.45, 7) is 4.23. The normalized spacial score (nSPS) is 11.4. The molecule has 0 fully saturated rings. The summed E-state index contributed by atoms with van der Waals surface area (Å²) in [7, 11) is 0. The lowest BCUT2D eigenvalue weighted by atomic mass is 9.98. The number of carboxylic acid groups (broad SMARTS) is 1. The average molecular weight is 362 g/mol. The van der Waals surface area contributed by atoms with Crippen LogP contribution >= 0.6 is 23.2 Å². The van der Waals surface area contributed by atoms with Crippen molar-refractivity contribution in [2.75, 3.05) is 0 Å². The van der Waals surface area contributed by atoms with Crippen molar-refractivity contribution in [2.45, 2.75) is 26.2 Å². The number of fused-ring (bicyclic) bond motifs is 1. The first kappa shape index (κ1) is 16.9. The van der Waals surface area contributed by atoms with Crippen molar-refractivity contribution in [1.82, 2.24) is 4.98 Å². The first-order valence-corrected chi connectivity index (χ1v) is 8.44. The maximum Gasteiger partial charge on any atom is 0.307 e. The minimum atomic E-state index is -0.868. The molecule has 1 aromatic heterocycles. The lowest BCUT2D eigenvalue weighted by Crippen LogP contribution is -2.01. The number of aromatic amines is 1. The number of hydrogen-bond acceptors (Lipinski definition) is 1. The van der Waals surface area contributed by atoms with Crippen LogP contribution in [0.1, 0.15) is 30.9 Å². The highest BCUT2D eigenvalue weighted by molar-refractivity contribution is 6.42. The van der Waals surface area contributed by atoms with Gasteiger partial charge in [0.2, 0.25) is 0 Å². The van der Waals surface area contributed by atoms with Crippen molar-refractivity contribution in [3.63, 3.8) is 0 Å². The van der Waals surface area contributed by atoms with Crippen LogP contribution in [0.2, 0.25) is 10.0 Å². The molecular formula is C19H17Cl2NO2. The molecule has 0 spiro atoms. The maximum absolute atomic E-state index is 11.4. The monoisotopic (exact) mass is 361 g/mol. The molecule has 3 aromatic rings. The van der Waals surface area contributed by atoms with Gasteiger partial charge in [-0.2, -0.15) is 0 Å². The molecule has 0 radical (unpaired) electrons. The first-order valence-electron chi connectivity index (χ1n) is 7.69. The van der Waals surface area contributed by atoms with Crippen LogP contribution in [0, 0.1) is 0 Å². The van der Waals surface area contributed by atoms with Crippen LogP contribution in [-0.4, -0.2) is 16.1 Å². The van der Waals surface area contributed by atoms with Gasteiger partial charge in [0.1, 0.15) is 0 Å². The minimum absolute atomic E-state index is 0.0584. The summed E-state index contributed by atoms with van der Waals surface area (Å²) < 4.78 is 0. The van der Waals surface area contributed by atoms with E-state index in [1.807, 2.05) is 18.2 Å². The number of hydrogen-bond donors (Lipinski definition) is 2. The molecule has 3 rings (SSSR count). The Hall–Kier alpha value is -1.97. The third-order valence-corrected chi connectivity index (χ3v) is 4.87. The molecule has 0 aliphatic heterocycles. The van der Waals surface area contributed by atoms with Crippen LogP contribution in [0.15, 0.2) is 36.4 Å². The van der Waals surface area contributed by atoms with E-state index in [2.05, 4.69) is 24.9 Å². The van der Waals surface area contributed by atoms with Gasteiger partial charge < -0.3 is 10.1 Å². The molecule has 5 heteroatoms. The summed E-state index contributed by atoms with van der Waals surface area (Å²) in [6, 6.07) is 11.3. The summed E-state index contributed by atoms with van der Waals surface area (Å²) in [5.74, 6) is -0.543. The Labute approximate surface area is 150 Å². The fraction of sp³-hybridized carbons (Fsp3) is 0.211. The number of nitrogens with one attached hydrogen (secondary N) is 1. The molecular weight excluding hydrogens is 345 g/mol. The average Bonchev–Trinajstić information content (AvgIpc) is 2.88. The largest absolute Gasteiger partial charge is 0.481 e. The maximum atomic E-state index is 11.4. The van der Waals surface area contributed by atoms with Crippen LogP contribution in [-0.2, 0) is 11.2 Å². The molecule has 0 saturated carbocycles. The number of H-pyrrole nitrogens is 1. The molecule has 0 aliphatic carbocycles. The Morgan fingerprint density at radius 1 is 1.17 bits per heavy atom. The highest BCUT2D eigenvalue weighted by Crippen LogP contribution is 2.36. The van der Waals surface area contributed by atoms with Gasteiger partial charge in [0.25, 0.3) is 0 Å². The van der Waals surface area contributed by atoms with Crippen molar-refractivity contribution in [1.29, 1.82) is 0 Å². The molecule has 0 saturated heterocycles. The molecule has 0 aliphatic rings. The second kappa shape index (κ2) is 6.50. The van der Waals surface area contributed by atoms with Gasteiger partial charge in [0, 0.05) is 10.9 Å². The predicted octanol–water partition coefficient (Wildman–Crippen LogP) is 5.89. The fourth-order valence-corrected chi connectivity index (χ4v) is 3.31. The number of carbonyl (C=O) groups is 1. The number of aliphatic carboxylic acids is 1. The minimum Gasteiger partial charge on any atom is -0.481 e. The van der Waals surface area contributed by atoms with Gasteiger partial charge in [0.15, 0.2) is 0 Å². The Bertz CT molecular complexity index is 929. The zero-order chi connectivity index (χ0) is 17.4. The number of aromatic nitrogens is 1. The van der Waals surface area contributed by atoms with E-state index in [-0.39, 0.29) is 6.42 Å². The number of benzene rings is 2. The first-order chi connectivity index (χ1) is 11.4. The summed E-state index contributed by atoms with van der Waals surface area (Å²) in [5.41, 5.74) is 4.50. The van der Waals surface area contributed by atoms with Crippen LogP contribution in [0.25, 0.3) is 22.2 Å². The molecule has 0 unspecified atom stereocenters. The van der Waals surface area contributed by atoms with Crippen molar-refractivity contribution < 1.29 is 9.90 Å². The molecule has 2 aromatic carbocycles. The SMILES string of the molecule is CC(C)c1cccc2c(CC(=O)O)c(-c3ccc(Cl)c(Cl)c3)[nH]c12. The van der Waals surface area contributed by atoms with Crippen LogP contribution in [0.3, 0.4) is 0 Å². The summed E-state index contributed by atoms with van der Waals surface area (Å²) in [6.07, 6.45) is -0.0584. The smallest absolute Gasteiger partial charge is 0.307 e. The van der Waals surface area contributed by atoms with Crippen molar-refractivity contribution in [3.8, 4) is 11.3 Å². The van der Waals surface area contributed by atoms with Crippen molar-refractivity contribution in [3.05, 3.63) is 57.6 Å². The van der Waals surface area contributed by atoms with Crippen LogP contribution in [0.4, 0.5) is 0 Å². The van der Waals surface area contributed by atoms with Crippen LogP contribution in [0.5, 0.6) is 0 Å². The third-order valence-electron chi connectivity index (χ3n) is 4.13. The van der Waals surface area contributed by atoms with E-state index in [4.69, 9.17) is 23.2 Å². The lowest BCUT2D eigenvalue weighted by Gasteiger charge is -2.06. The molecule has 3 nitrogen and oxygen atoms in total. The van der Waals surface area contributed by atoms with E-state index in [0.717, 1.165) is 33.3 Å². The molecule has 24 heavy (non-hydrogen) atoms. The third kappa shape index (κ3) is 3.02. The fourth-order valence-electron chi connectivity index (χ4n) is 3.01. The van der Waals surface area contributed by atoms with E-state index in [1.165, 1.54) is 0 Å². The molecule has 124 valence electrons. The van der Waals surface area contributed by atoms with E-state index < -0.39 is 5.97 Å². The molecule has 2 N–H and O–H groups in total. The second-order valence-corrected chi connectivity index (χ2v) is 6.92. The molecule has 0 amide bonds. The van der Waals surface area contributed by atoms with E-state index in [1.54, 1.807) is 12.1 Å². The number of rotatable bonds is 4. The highest BCUT2D eigenvalue weighted by atomic mass is 35.5. The predicted molar refractivity (Wildman–Crippen MR) is 99.2 cm³/mol. The standard InChI is InChI=1S/C19H17Cl2NO2/c1-10(2)12-4-3-5-13-14(9-17(23)24)18(22-19(12)13)11-6-7-15(20)16(21)8-11/h3-8,10,22H,9H2,1-2H3,(H,23,24). The van der Waals surface area contributed by atoms with Gasteiger partial charge in [-0.1, -0.05) is 61.3 Å². The van der Waals surface area contributed by atoms with Crippen molar-refractivity contribution in [2.24, 2.45) is 0 Å². The lowest BCUT2D eigenvalue weighted by molar-refractivity contribution is -0.136. The zero-order valence-corrected chi connectivity index (χ0v) is 14.9. The zero-order valence-electron chi connectivity index (χ0n) is 13.4. The Morgan fingerprint density at radius 2 is 1.92 bits per heavy atom. The van der Waals surface area contributed by atoms with Gasteiger partial charge in [-0.05, 0) is 34.7 Å². The quantitative estimate of drug-likeness (QED) is 0.608. The van der Waals surface area contributed by atoms with Gasteiger partial charge >= 0.3 is 5.97 Å². The summed E-state index contributed by atoms with van der Waals surface area (Å²) in [4.78, 5) is 14.8. The number of halogens is 2. The van der Waals surface area contributed by atoms with E-state index in [0.29, 0.717) is 16.0 Å². The Morgan fingerprint density at radius 3 is 2.54 bits per heavy atom. The van der Waals surface area contributed by atoms with Crippen LogP contribution < -0.4 is 0 Å². The summed E-state index contributed by atoms with van der Waals surface area (Å²) in [5, 5.41) is 11.2. The molecule has 0 bridgehead atoms. The van der Waals surface area contributed by atoms with E-state index in [9.17, 15) is 9.90 Å². The Kier molecular flexibility index (Phi) is 4.57. The number of carboxylic acids is 1. The number of para-hydroxylation sites is 1. The van der Waals surface area contributed by atoms with Gasteiger partial charge in [-0.15, -0.1) is 0 Å². The highest BCUT2D eigenvalue weighted by Gasteiger charge is 2.19. The van der Waals surface area contributed by atoms with Gasteiger partial charge in [-0.3, -0.25) is 4.79 Å². The molecule has 0 atom stereocenters. The van der Waals surface area contributed by atoms with Gasteiger partial charge in [-0.25, -0.2) is 0 Å². The Balaban J connectivity index is 2.31. The summed E-state index contributed by atoms with van der Waals surface area (Å²) >= 11 is 12.1. The van der Waals surface area contributed by atoms with E-state index >= 15 is 0 Å². The van der Waals surface area contributed by atoms with Gasteiger partial charge in [0.05, 0.1) is 22.2 Å². The van der Waals surface area contributed by atoms with Crippen molar-refractivity contribution >= 4 is 40.1 Å².